The predicted octanol–water partition coefficient (Wildman–Crippen LogP) is 2.78. The van der Waals surface area contributed by atoms with Crippen LogP contribution in [0.2, 0.25) is 5.02 Å². The van der Waals surface area contributed by atoms with E-state index < -0.39 is 5.97 Å². The Bertz CT molecular complexity index is 468. The van der Waals surface area contributed by atoms with Crippen molar-refractivity contribution in [1.29, 1.82) is 5.26 Å². The summed E-state index contributed by atoms with van der Waals surface area (Å²) in [5.74, 6) is -1.01. The van der Waals surface area contributed by atoms with Crippen molar-refractivity contribution in [1.82, 2.24) is 0 Å². The average Bonchev–Trinajstić information content (AvgIpc) is 2.27. The van der Waals surface area contributed by atoms with Crippen LogP contribution in [-0.2, 0) is 0 Å². The molecule has 0 aliphatic rings. The maximum Gasteiger partial charge on any atom is 0.337 e. The topological polar surface area (TPSA) is 64.3 Å². The molecule has 0 heterocycles. The second-order valence-electron chi connectivity index (χ2n) is 3.79. The van der Waals surface area contributed by atoms with E-state index >= 15 is 0 Å². The number of nitrogens with zero attached hydrogens (tertiary/aromatic N) is 2. The Morgan fingerprint density at radius 2 is 2.29 bits per heavy atom. The van der Waals surface area contributed by atoms with Crippen LogP contribution in [0.3, 0.4) is 0 Å². The van der Waals surface area contributed by atoms with Gasteiger partial charge >= 0.3 is 5.97 Å². The normalized spacial score (nSPS) is 11.6. The Kier molecular flexibility index (Phi) is 4.36. The molecule has 0 spiro atoms. The molecule has 17 heavy (non-hydrogen) atoms. The minimum Gasteiger partial charge on any atom is -0.478 e. The molecule has 0 saturated carbocycles. The van der Waals surface area contributed by atoms with Crippen LogP contribution in [0.1, 0.15) is 23.7 Å². The third kappa shape index (κ3) is 3.11. The molecule has 0 fully saturated rings. The molecule has 1 N–H and O–H groups in total. The third-order valence-electron chi connectivity index (χ3n) is 2.62. The Hall–Kier alpha value is -1.73. The van der Waals surface area contributed by atoms with Gasteiger partial charge in [-0.15, -0.1) is 0 Å². The second kappa shape index (κ2) is 5.55. The molecule has 90 valence electrons. The van der Waals surface area contributed by atoms with Gasteiger partial charge in [-0.2, -0.15) is 5.26 Å². The molecule has 0 aliphatic carbocycles. The van der Waals surface area contributed by atoms with Gasteiger partial charge in [-0.05, 0) is 25.1 Å². The van der Waals surface area contributed by atoms with Gasteiger partial charge < -0.3 is 10.0 Å². The summed E-state index contributed by atoms with van der Waals surface area (Å²) in [5, 5.41) is 18.2. The summed E-state index contributed by atoms with van der Waals surface area (Å²) < 4.78 is 0. The molecule has 1 rings (SSSR count). The lowest BCUT2D eigenvalue weighted by Crippen LogP contribution is -2.29. The molecule has 5 heteroatoms. The molecular weight excluding hydrogens is 240 g/mol. The van der Waals surface area contributed by atoms with Crippen LogP contribution in [0.5, 0.6) is 0 Å². The molecule has 1 aromatic carbocycles. The summed E-state index contributed by atoms with van der Waals surface area (Å²) in [6.07, 6.45) is 0.322. The summed E-state index contributed by atoms with van der Waals surface area (Å²) in [5.41, 5.74) is 0.703. The van der Waals surface area contributed by atoms with E-state index in [1.807, 2.05) is 6.92 Å². The highest BCUT2D eigenvalue weighted by Crippen LogP contribution is 2.26. The van der Waals surface area contributed by atoms with Crippen molar-refractivity contribution in [2.75, 3.05) is 11.9 Å². The fourth-order valence-corrected chi connectivity index (χ4v) is 1.65. The number of aromatic carboxylic acids is 1. The zero-order chi connectivity index (χ0) is 13.0. The van der Waals surface area contributed by atoms with Crippen LogP contribution in [0.15, 0.2) is 18.2 Å². The van der Waals surface area contributed by atoms with E-state index in [9.17, 15) is 4.79 Å². The van der Waals surface area contributed by atoms with Crippen molar-refractivity contribution in [3.63, 3.8) is 0 Å². The van der Waals surface area contributed by atoms with Crippen molar-refractivity contribution in [2.45, 2.75) is 19.4 Å². The zero-order valence-electron chi connectivity index (χ0n) is 9.64. The fourth-order valence-electron chi connectivity index (χ4n) is 1.48. The summed E-state index contributed by atoms with van der Waals surface area (Å²) in [7, 11) is 1.75. The third-order valence-corrected chi connectivity index (χ3v) is 2.85. The first kappa shape index (κ1) is 13.3. The van der Waals surface area contributed by atoms with E-state index in [4.69, 9.17) is 22.0 Å². The number of carbonyl (C=O) groups is 1. The predicted molar refractivity (Wildman–Crippen MR) is 66.5 cm³/mol. The van der Waals surface area contributed by atoms with E-state index in [1.54, 1.807) is 18.0 Å². The van der Waals surface area contributed by atoms with Gasteiger partial charge in [-0.1, -0.05) is 11.6 Å². The lowest BCUT2D eigenvalue weighted by Gasteiger charge is -2.26. The van der Waals surface area contributed by atoms with Gasteiger partial charge in [-0.3, -0.25) is 0 Å². The van der Waals surface area contributed by atoms with E-state index in [0.717, 1.165) is 0 Å². The van der Waals surface area contributed by atoms with Crippen LogP contribution in [-0.4, -0.2) is 24.2 Å². The number of hydrogen-bond donors (Lipinski definition) is 1. The first-order valence-corrected chi connectivity index (χ1v) is 5.47. The zero-order valence-corrected chi connectivity index (χ0v) is 10.4. The van der Waals surface area contributed by atoms with Crippen molar-refractivity contribution in [2.24, 2.45) is 0 Å². The Morgan fingerprint density at radius 1 is 1.65 bits per heavy atom. The minimum atomic E-state index is -1.01. The Morgan fingerprint density at radius 3 is 2.82 bits per heavy atom. The molecule has 1 unspecified atom stereocenters. The van der Waals surface area contributed by atoms with E-state index in [1.165, 1.54) is 12.1 Å². The second-order valence-corrected chi connectivity index (χ2v) is 4.23. The highest BCUT2D eigenvalue weighted by atomic mass is 35.5. The molecule has 0 radical (unpaired) electrons. The van der Waals surface area contributed by atoms with Crippen molar-refractivity contribution in [3.05, 3.63) is 28.8 Å². The smallest absolute Gasteiger partial charge is 0.337 e. The van der Waals surface area contributed by atoms with Crippen LogP contribution in [0.25, 0.3) is 0 Å². The molecule has 0 aliphatic heterocycles. The number of nitriles is 1. The molecular formula is C12H13ClN2O2. The van der Waals surface area contributed by atoms with Gasteiger partial charge in [0.2, 0.25) is 0 Å². The SMILES string of the molecule is CC(CC#N)N(C)c1cc(Cl)ccc1C(=O)O. The maximum atomic E-state index is 11.1. The van der Waals surface area contributed by atoms with Gasteiger partial charge in [0.05, 0.1) is 23.7 Å². The van der Waals surface area contributed by atoms with E-state index in [0.29, 0.717) is 17.1 Å². The first-order chi connectivity index (χ1) is 7.97. The quantitative estimate of drug-likeness (QED) is 0.895. The number of carboxylic acids is 1. The minimum absolute atomic E-state index is 0.0726. The highest BCUT2D eigenvalue weighted by molar-refractivity contribution is 6.31. The van der Waals surface area contributed by atoms with Crippen molar-refractivity contribution >= 4 is 23.3 Å². The molecule has 0 amide bonds. The van der Waals surface area contributed by atoms with Crippen molar-refractivity contribution < 1.29 is 9.90 Å². The Labute approximate surface area is 105 Å². The van der Waals surface area contributed by atoms with Gasteiger partial charge in [-0.25, -0.2) is 4.79 Å². The van der Waals surface area contributed by atoms with Crippen LogP contribution in [0.4, 0.5) is 5.69 Å². The average molecular weight is 253 g/mol. The molecule has 1 aromatic rings. The summed E-state index contributed by atoms with van der Waals surface area (Å²) >= 11 is 5.86. The lowest BCUT2D eigenvalue weighted by molar-refractivity contribution is 0.0697. The maximum absolute atomic E-state index is 11.1. The number of rotatable bonds is 4. The van der Waals surface area contributed by atoms with Crippen LogP contribution in [0, 0.1) is 11.3 Å². The number of carboxylic acid groups (broad SMARTS) is 1. The monoisotopic (exact) mass is 252 g/mol. The number of hydrogen-bond acceptors (Lipinski definition) is 3. The Balaban J connectivity index is 3.15. The van der Waals surface area contributed by atoms with Gasteiger partial charge in [0, 0.05) is 18.1 Å². The highest BCUT2D eigenvalue weighted by Gasteiger charge is 2.17. The van der Waals surface area contributed by atoms with E-state index in [-0.39, 0.29) is 11.6 Å². The summed E-state index contributed by atoms with van der Waals surface area (Å²) in [6.45, 7) is 1.86. The number of benzene rings is 1. The largest absolute Gasteiger partial charge is 0.478 e. The lowest BCUT2D eigenvalue weighted by atomic mass is 10.1. The molecule has 0 saturated heterocycles. The van der Waals surface area contributed by atoms with Crippen LogP contribution < -0.4 is 4.90 Å². The summed E-state index contributed by atoms with van der Waals surface area (Å²) in [4.78, 5) is 12.8. The van der Waals surface area contributed by atoms with Crippen LogP contribution >= 0.6 is 11.6 Å². The fraction of sp³-hybridized carbons (Fsp3) is 0.333. The first-order valence-electron chi connectivity index (χ1n) is 5.10. The molecule has 4 nitrogen and oxygen atoms in total. The summed E-state index contributed by atoms with van der Waals surface area (Å²) in [6, 6.07) is 6.59. The molecule has 0 bridgehead atoms. The number of halogens is 1. The van der Waals surface area contributed by atoms with E-state index in [2.05, 4.69) is 6.07 Å². The van der Waals surface area contributed by atoms with Crippen molar-refractivity contribution in [3.8, 4) is 6.07 Å². The standard InChI is InChI=1S/C12H13ClN2O2/c1-8(5-6-14)15(2)11-7-9(13)3-4-10(11)12(16)17/h3-4,7-8H,5H2,1-2H3,(H,16,17). The number of anilines is 1. The molecule has 1 atom stereocenters. The van der Waals surface area contributed by atoms with Gasteiger partial charge in [0.1, 0.15) is 0 Å². The molecule has 0 aromatic heterocycles. The van der Waals surface area contributed by atoms with Gasteiger partial charge in [0.25, 0.3) is 0 Å². The van der Waals surface area contributed by atoms with Gasteiger partial charge in [0.15, 0.2) is 0 Å².